The molecule has 0 saturated heterocycles. The highest BCUT2D eigenvalue weighted by molar-refractivity contribution is 4.64. The molecule has 0 bridgehead atoms. The van der Waals surface area contributed by atoms with Crippen molar-refractivity contribution in [3.63, 3.8) is 0 Å². The van der Waals surface area contributed by atoms with Gasteiger partial charge in [0.25, 0.3) is 0 Å². The minimum absolute atomic E-state index is 0.105. The Labute approximate surface area is 77.2 Å². The van der Waals surface area contributed by atoms with Crippen LogP contribution in [0.4, 0.5) is 0 Å². The van der Waals surface area contributed by atoms with E-state index in [2.05, 4.69) is 34.6 Å². The highest BCUT2D eigenvalue weighted by Crippen LogP contribution is 2.19. The van der Waals surface area contributed by atoms with Gasteiger partial charge in [0, 0.05) is 0 Å². The zero-order valence-corrected chi connectivity index (χ0v) is 9.17. The summed E-state index contributed by atoms with van der Waals surface area (Å²) < 4.78 is 0. The summed E-state index contributed by atoms with van der Waals surface area (Å²) in [6, 6.07) is 0. The number of hydrogen-bond acceptors (Lipinski definition) is 1. The van der Waals surface area contributed by atoms with Crippen molar-refractivity contribution in [3.05, 3.63) is 0 Å². The zero-order chi connectivity index (χ0) is 9.72. The van der Waals surface area contributed by atoms with Crippen LogP contribution >= 0.6 is 0 Å². The van der Waals surface area contributed by atoms with E-state index in [1.165, 1.54) is 0 Å². The monoisotopic (exact) mass is 172 g/mol. The van der Waals surface area contributed by atoms with Crippen molar-refractivity contribution in [2.75, 3.05) is 0 Å². The van der Waals surface area contributed by atoms with Gasteiger partial charge in [0.2, 0.25) is 0 Å². The van der Waals surface area contributed by atoms with Crippen molar-refractivity contribution in [1.29, 1.82) is 0 Å². The van der Waals surface area contributed by atoms with Crippen molar-refractivity contribution >= 4 is 0 Å². The van der Waals surface area contributed by atoms with Gasteiger partial charge >= 0.3 is 0 Å². The largest absolute Gasteiger partial charge is 0.393 e. The predicted molar refractivity (Wildman–Crippen MR) is 54.1 cm³/mol. The molecule has 1 heteroatoms. The second-order valence-corrected chi connectivity index (χ2v) is 4.61. The Balaban J connectivity index is 3.54. The fraction of sp³-hybridized carbons (Fsp3) is 1.00. The summed E-state index contributed by atoms with van der Waals surface area (Å²) in [5.41, 5.74) is 0. The average molecular weight is 172 g/mol. The van der Waals surface area contributed by atoms with Gasteiger partial charge in [-0.3, -0.25) is 0 Å². The van der Waals surface area contributed by atoms with E-state index >= 15 is 0 Å². The van der Waals surface area contributed by atoms with E-state index in [0.717, 1.165) is 24.7 Å². The molecule has 0 fully saturated rings. The van der Waals surface area contributed by atoms with Crippen LogP contribution in [0.2, 0.25) is 0 Å². The fourth-order valence-corrected chi connectivity index (χ4v) is 1.10. The lowest BCUT2D eigenvalue weighted by Gasteiger charge is -2.19. The number of rotatable bonds is 5. The van der Waals surface area contributed by atoms with Gasteiger partial charge in [-0.15, -0.1) is 0 Å². The first-order valence-corrected chi connectivity index (χ1v) is 5.13. The second-order valence-electron chi connectivity index (χ2n) is 4.61. The smallest absolute Gasteiger partial charge is 0.0563 e. The lowest BCUT2D eigenvalue weighted by atomic mass is 9.90. The molecule has 12 heavy (non-hydrogen) atoms. The van der Waals surface area contributed by atoms with Crippen LogP contribution < -0.4 is 0 Å². The topological polar surface area (TPSA) is 20.2 Å². The lowest BCUT2D eigenvalue weighted by Crippen LogP contribution is -2.16. The van der Waals surface area contributed by atoms with Crippen molar-refractivity contribution in [2.24, 2.45) is 17.8 Å². The van der Waals surface area contributed by atoms with Crippen molar-refractivity contribution < 1.29 is 5.11 Å². The quantitative estimate of drug-likeness (QED) is 0.675. The third-order valence-corrected chi connectivity index (χ3v) is 2.83. The molecule has 0 heterocycles. The molecule has 0 aromatic rings. The molecule has 74 valence electrons. The van der Waals surface area contributed by atoms with Gasteiger partial charge in [-0.05, 0) is 30.6 Å². The lowest BCUT2D eigenvalue weighted by molar-refractivity contribution is 0.106. The van der Waals surface area contributed by atoms with Crippen LogP contribution in [0.5, 0.6) is 0 Å². The minimum atomic E-state index is -0.105. The molecular weight excluding hydrogens is 148 g/mol. The third-order valence-electron chi connectivity index (χ3n) is 2.83. The van der Waals surface area contributed by atoms with Crippen LogP contribution in [-0.4, -0.2) is 11.2 Å². The Bertz CT molecular complexity index is 93.6. The highest BCUT2D eigenvalue weighted by Gasteiger charge is 2.12. The summed E-state index contributed by atoms with van der Waals surface area (Å²) in [4.78, 5) is 0. The van der Waals surface area contributed by atoms with E-state index in [-0.39, 0.29) is 6.10 Å². The molecule has 0 rings (SSSR count). The van der Waals surface area contributed by atoms with E-state index in [9.17, 15) is 5.11 Å². The van der Waals surface area contributed by atoms with Gasteiger partial charge in [0.05, 0.1) is 6.10 Å². The van der Waals surface area contributed by atoms with Crippen LogP contribution in [0.3, 0.4) is 0 Å². The molecule has 0 spiro atoms. The van der Waals surface area contributed by atoms with E-state index in [4.69, 9.17) is 0 Å². The summed E-state index contributed by atoms with van der Waals surface area (Å²) in [6.45, 7) is 10.9. The molecule has 0 aromatic carbocycles. The summed E-state index contributed by atoms with van der Waals surface area (Å²) in [6.07, 6.45) is 2.00. The Morgan fingerprint density at radius 2 is 1.33 bits per heavy atom. The summed E-state index contributed by atoms with van der Waals surface area (Å²) in [5.74, 6) is 1.88. The van der Waals surface area contributed by atoms with Gasteiger partial charge in [-0.2, -0.15) is 0 Å². The summed E-state index contributed by atoms with van der Waals surface area (Å²) in [5, 5.41) is 9.56. The maximum absolute atomic E-state index is 9.56. The molecule has 1 nitrogen and oxygen atoms in total. The normalized spacial score (nSPS) is 17.0. The molecule has 0 amide bonds. The molecule has 2 atom stereocenters. The van der Waals surface area contributed by atoms with Crippen molar-refractivity contribution in [1.82, 2.24) is 0 Å². The van der Waals surface area contributed by atoms with Crippen LogP contribution in [0.15, 0.2) is 0 Å². The molecule has 0 aliphatic heterocycles. The average Bonchev–Trinajstić information content (AvgIpc) is 1.98. The van der Waals surface area contributed by atoms with Crippen molar-refractivity contribution in [2.45, 2.75) is 53.6 Å². The first-order valence-electron chi connectivity index (χ1n) is 5.13. The van der Waals surface area contributed by atoms with Gasteiger partial charge in [0.15, 0.2) is 0 Å². The number of hydrogen-bond donors (Lipinski definition) is 1. The Morgan fingerprint density at radius 3 is 1.67 bits per heavy atom. The first-order chi connectivity index (χ1) is 5.45. The first kappa shape index (κ1) is 12.0. The van der Waals surface area contributed by atoms with E-state index in [0.29, 0.717) is 5.92 Å². The molecule has 0 unspecified atom stereocenters. The molecular formula is C11H24O. The van der Waals surface area contributed by atoms with E-state index < -0.39 is 0 Å². The highest BCUT2D eigenvalue weighted by atomic mass is 16.3. The van der Waals surface area contributed by atoms with Gasteiger partial charge < -0.3 is 5.11 Å². The van der Waals surface area contributed by atoms with Crippen LogP contribution in [0.25, 0.3) is 0 Å². The van der Waals surface area contributed by atoms with Crippen LogP contribution in [0, 0.1) is 17.8 Å². The van der Waals surface area contributed by atoms with Gasteiger partial charge in [0.1, 0.15) is 0 Å². The van der Waals surface area contributed by atoms with Gasteiger partial charge in [-0.1, -0.05) is 34.6 Å². The SMILES string of the molecule is CC(C)[C@@H](C)CC[C@H](O)C(C)C. The third kappa shape index (κ3) is 4.76. The summed E-state index contributed by atoms with van der Waals surface area (Å²) in [7, 11) is 0. The standard InChI is InChI=1S/C11H24O/c1-8(2)10(5)6-7-11(12)9(3)4/h8-12H,6-7H2,1-5H3/t10-,11-/m0/s1. The van der Waals surface area contributed by atoms with E-state index in [1.807, 2.05) is 0 Å². The Kier molecular flexibility index (Phi) is 5.56. The molecule has 0 aromatic heterocycles. The number of aliphatic hydroxyl groups excluding tert-OH is 1. The van der Waals surface area contributed by atoms with Crippen LogP contribution in [-0.2, 0) is 0 Å². The molecule has 0 radical (unpaired) electrons. The fourth-order valence-electron chi connectivity index (χ4n) is 1.10. The molecule has 0 saturated carbocycles. The van der Waals surface area contributed by atoms with Crippen molar-refractivity contribution in [3.8, 4) is 0 Å². The predicted octanol–water partition coefficient (Wildman–Crippen LogP) is 3.08. The molecule has 0 aliphatic carbocycles. The maximum Gasteiger partial charge on any atom is 0.0563 e. The minimum Gasteiger partial charge on any atom is -0.393 e. The zero-order valence-electron chi connectivity index (χ0n) is 9.17. The maximum atomic E-state index is 9.56. The number of aliphatic hydroxyl groups is 1. The van der Waals surface area contributed by atoms with Gasteiger partial charge in [-0.25, -0.2) is 0 Å². The Hall–Kier alpha value is -0.0400. The summed E-state index contributed by atoms with van der Waals surface area (Å²) >= 11 is 0. The molecule has 0 aliphatic rings. The van der Waals surface area contributed by atoms with E-state index in [1.54, 1.807) is 0 Å². The Morgan fingerprint density at radius 1 is 0.833 bits per heavy atom. The molecule has 1 N–H and O–H groups in total. The second kappa shape index (κ2) is 5.58. The van der Waals surface area contributed by atoms with Crippen LogP contribution in [0.1, 0.15) is 47.5 Å².